The van der Waals surface area contributed by atoms with Gasteiger partial charge in [-0.3, -0.25) is 9.69 Å². The van der Waals surface area contributed by atoms with E-state index in [2.05, 4.69) is 24.1 Å². The number of rotatable bonds is 5. The molecule has 104 valence electrons. The molecule has 0 aromatic rings. The van der Waals surface area contributed by atoms with E-state index < -0.39 is 11.5 Å². The average Bonchev–Trinajstić information content (AvgIpc) is 3.13. The number of hydrogen-bond acceptors (Lipinski definition) is 3. The third kappa shape index (κ3) is 2.41. The molecule has 3 unspecified atom stereocenters. The second-order valence-corrected chi connectivity index (χ2v) is 6.10. The van der Waals surface area contributed by atoms with Gasteiger partial charge in [0, 0.05) is 18.6 Å². The summed E-state index contributed by atoms with van der Waals surface area (Å²) in [6.07, 6.45) is 5.73. The quantitative estimate of drug-likeness (QED) is 0.784. The highest BCUT2D eigenvalue weighted by Gasteiger charge is 2.52. The number of carbonyl (C=O) groups is 1. The molecule has 3 atom stereocenters. The minimum atomic E-state index is -0.736. The second kappa shape index (κ2) is 5.17. The van der Waals surface area contributed by atoms with Gasteiger partial charge in [-0.15, -0.1) is 0 Å². The van der Waals surface area contributed by atoms with E-state index in [4.69, 9.17) is 0 Å². The highest BCUT2D eigenvalue weighted by molar-refractivity contribution is 5.80. The molecule has 0 spiro atoms. The molecule has 0 radical (unpaired) electrons. The summed E-state index contributed by atoms with van der Waals surface area (Å²) in [6, 6.07) is 0.999. The Morgan fingerprint density at radius 3 is 2.22 bits per heavy atom. The van der Waals surface area contributed by atoms with E-state index >= 15 is 0 Å². The van der Waals surface area contributed by atoms with Gasteiger partial charge >= 0.3 is 5.97 Å². The van der Waals surface area contributed by atoms with Crippen molar-refractivity contribution in [3.05, 3.63) is 0 Å². The number of nitrogens with zero attached hydrogens (tertiary/aromatic N) is 1. The molecule has 2 fully saturated rings. The minimum absolute atomic E-state index is 0.307. The molecule has 4 nitrogen and oxygen atoms in total. The Labute approximate surface area is 110 Å². The van der Waals surface area contributed by atoms with Crippen LogP contribution < -0.4 is 5.32 Å². The molecule has 1 heterocycles. The van der Waals surface area contributed by atoms with Crippen LogP contribution in [0.5, 0.6) is 0 Å². The number of carboxylic acids is 1. The summed E-state index contributed by atoms with van der Waals surface area (Å²) in [6.45, 7) is 5.10. The van der Waals surface area contributed by atoms with Crippen molar-refractivity contribution in [2.45, 2.75) is 63.6 Å². The Morgan fingerprint density at radius 2 is 1.83 bits per heavy atom. The van der Waals surface area contributed by atoms with Crippen molar-refractivity contribution in [2.75, 3.05) is 13.6 Å². The van der Waals surface area contributed by atoms with Crippen molar-refractivity contribution in [3.63, 3.8) is 0 Å². The summed E-state index contributed by atoms with van der Waals surface area (Å²) in [5, 5.41) is 12.8. The monoisotopic (exact) mass is 254 g/mol. The molecule has 1 aliphatic carbocycles. The highest BCUT2D eigenvalue weighted by Crippen LogP contribution is 2.41. The maximum atomic E-state index is 11.7. The molecular formula is C14H26N2O2. The maximum Gasteiger partial charge on any atom is 0.325 e. The van der Waals surface area contributed by atoms with Crippen LogP contribution in [0.15, 0.2) is 0 Å². The largest absolute Gasteiger partial charge is 0.480 e. The third-order valence-corrected chi connectivity index (χ3v) is 4.91. The zero-order valence-electron chi connectivity index (χ0n) is 11.8. The molecule has 1 saturated heterocycles. The first-order chi connectivity index (χ1) is 8.51. The van der Waals surface area contributed by atoms with Gasteiger partial charge in [0.05, 0.1) is 0 Å². The van der Waals surface area contributed by atoms with Gasteiger partial charge in [-0.2, -0.15) is 0 Å². The van der Waals surface area contributed by atoms with Crippen LogP contribution in [-0.2, 0) is 4.79 Å². The minimum Gasteiger partial charge on any atom is -0.480 e. The lowest BCUT2D eigenvalue weighted by Crippen LogP contribution is -2.62. The van der Waals surface area contributed by atoms with Crippen molar-refractivity contribution in [1.82, 2.24) is 10.2 Å². The number of hydrogen-bond donors (Lipinski definition) is 2. The van der Waals surface area contributed by atoms with E-state index in [-0.39, 0.29) is 0 Å². The van der Waals surface area contributed by atoms with Gasteiger partial charge in [-0.1, -0.05) is 6.42 Å². The number of nitrogens with one attached hydrogen (secondary N) is 1. The molecule has 4 heteroatoms. The molecule has 0 amide bonds. The number of piperidine rings is 1. The van der Waals surface area contributed by atoms with Gasteiger partial charge in [0.25, 0.3) is 0 Å². The Kier molecular flexibility index (Phi) is 3.97. The lowest BCUT2D eigenvalue weighted by molar-refractivity contribution is -0.147. The summed E-state index contributed by atoms with van der Waals surface area (Å²) in [7, 11) is 1.80. The Balaban J connectivity index is 2.14. The van der Waals surface area contributed by atoms with Crippen molar-refractivity contribution in [2.24, 2.45) is 5.92 Å². The topological polar surface area (TPSA) is 52.6 Å². The maximum absolute atomic E-state index is 11.7. The van der Waals surface area contributed by atoms with Crippen LogP contribution in [0.2, 0.25) is 0 Å². The normalized spacial score (nSPS) is 33.1. The zero-order chi connectivity index (χ0) is 13.3. The SMILES string of the molecule is CNC(CN1C(C)CCCC1C)(C(=O)O)C1CC1. The van der Waals surface area contributed by atoms with Crippen LogP contribution in [-0.4, -0.2) is 47.2 Å². The number of likely N-dealkylation sites (N-methyl/N-ethyl adjacent to an activating group) is 1. The van der Waals surface area contributed by atoms with Crippen molar-refractivity contribution in [3.8, 4) is 0 Å². The standard InChI is InChI=1S/C14H26N2O2/c1-10-5-4-6-11(2)16(10)9-14(15-3,13(17)18)12-7-8-12/h10-12,15H,4-9H2,1-3H3,(H,17,18). The van der Waals surface area contributed by atoms with E-state index in [0.717, 1.165) is 12.8 Å². The summed E-state index contributed by atoms with van der Waals surface area (Å²) in [4.78, 5) is 14.1. The van der Waals surface area contributed by atoms with Gasteiger partial charge in [0.2, 0.25) is 0 Å². The summed E-state index contributed by atoms with van der Waals surface area (Å²) >= 11 is 0. The molecule has 1 saturated carbocycles. The van der Waals surface area contributed by atoms with E-state index in [9.17, 15) is 9.90 Å². The molecule has 2 aliphatic rings. The first-order valence-electron chi connectivity index (χ1n) is 7.19. The Morgan fingerprint density at radius 1 is 1.28 bits per heavy atom. The summed E-state index contributed by atoms with van der Waals surface area (Å²) in [5.41, 5.74) is -0.736. The molecule has 2 N–H and O–H groups in total. The molecule has 0 bridgehead atoms. The molecular weight excluding hydrogens is 228 g/mol. The third-order valence-electron chi connectivity index (χ3n) is 4.91. The van der Waals surface area contributed by atoms with Crippen LogP contribution in [0.25, 0.3) is 0 Å². The van der Waals surface area contributed by atoms with E-state index in [1.807, 2.05) is 0 Å². The van der Waals surface area contributed by atoms with Crippen LogP contribution >= 0.6 is 0 Å². The lowest BCUT2D eigenvalue weighted by atomic mass is 9.88. The smallest absolute Gasteiger partial charge is 0.325 e. The summed E-state index contributed by atoms with van der Waals surface area (Å²) in [5.74, 6) is -0.376. The zero-order valence-corrected chi connectivity index (χ0v) is 11.8. The highest BCUT2D eigenvalue weighted by atomic mass is 16.4. The first-order valence-corrected chi connectivity index (χ1v) is 7.19. The van der Waals surface area contributed by atoms with Gasteiger partial charge in [0.15, 0.2) is 0 Å². The molecule has 0 aromatic heterocycles. The van der Waals surface area contributed by atoms with Gasteiger partial charge in [0.1, 0.15) is 5.54 Å². The van der Waals surface area contributed by atoms with Crippen LogP contribution in [0.3, 0.4) is 0 Å². The predicted molar refractivity (Wildman–Crippen MR) is 71.6 cm³/mol. The number of likely N-dealkylation sites (tertiary alicyclic amines) is 1. The van der Waals surface area contributed by atoms with E-state index in [1.165, 1.54) is 19.3 Å². The second-order valence-electron chi connectivity index (χ2n) is 6.10. The molecule has 2 rings (SSSR count). The molecule has 18 heavy (non-hydrogen) atoms. The van der Waals surface area contributed by atoms with Crippen molar-refractivity contribution in [1.29, 1.82) is 0 Å². The van der Waals surface area contributed by atoms with Crippen molar-refractivity contribution >= 4 is 5.97 Å². The predicted octanol–water partition coefficient (Wildman–Crippen LogP) is 1.70. The average molecular weight is 254 g/mol. The van der Waals surface area contributed by atoms with E-state index in [0.29, 0.717) is 24.5 Å². The van der Waals surface area contributed by atoms with Crippen LogP contribution in [0.1, 0.15) is 46.0 Å². The van der Waals surface area contributed by atoms with Gasteiger partial charge in [-0.25, -0.2) is 0 Å². The fourth-order valence-corrected chi connectivity index (χ4v) is 3.41. The Bertz CT molecular complexity index is 307. The van der Waals surface area contributed by atoms with Crippen LogP contribution in [0, 0.1) is 5.92 Å². The fraction of sp³-hybridized carbons (Fsp3) is 0.929. The van der Waals surface area contributed by atoms with Gasteiger partial charge < -0.3 is 10.4 Å². The number of carboxylic acid groups (broad SMARTS) is 1. The fourth-order valence-electron chi connectivity index (χ4n) is 3.41. The van der Waals surface area contributed by atoms with E-state index in [1.54, 1.807) is 7.05 Å². The number of aliphatic carboxylic acids is 1. The Hall–Kier alpha value is -0.610. The lowest BCUT2D eigenvalue weighted by Gasteiger charge is -2.44. The van der Waals surface area contributed by atoms with Crippen molar-refractivity contribution < 1.29 is 9.90 Å². The summed E-state index contributed by atoms with van der Waals surface area (Å²) < 4.78 is 0. The molecule has 0 aromatic carbocycles. The molecule has 1 aliphatic heterocycles. The van der Waals surface area contributed by atoms with Gasteiger partial charge in [-0.05, 0) is 52.5 Å². The first kappa shape index (κ1) is 13.8. The van der Waals surface area contributed by atoms with Crippen LogP contribution in [0.4, 0.5) is 0 Å².